The van der Waals surface area contributed by atoms with Crippen molar-refractivity contribution in [2.75, 3.05) is 31.5 Å². The molecular formula is C33H36N4O2. The Hall–Kier alpha value is -4.00. The van der Waals surface area contributed by atoms with Crippen molar-refractivity contribution in [3.05, 3.63) is 125 Å². The number of nitrogens with zero attached hydrogens (tertiary/aromatic N) is 3. The van der Waals surface area contributed by atoms with E-state index in [1.807, 2.05) is 37.3 Å². The van der Waals surface area contributed by atoms with E-state index in [0.29, 0.717) is 12.2 Å². The van der Waals surface area contributed by atoms with Gasteiger partial charge in [-0.15, -0.1) is 0 Å². The van der Waals surface area contributed by atoms with Gasteiger partial charge in [0.15, 0.2) is 0 Å². The van der Waals surface area contributed by atoms with Crippen LogP contribution in [-0.4, -0.2) is 46.9 Å². The topological polar surface area (TPSA) is 57.7 Å². The summed E-state index contributed by atoms with van der Waals surface area (Å²) in [6.07, 6.45) is 2.85. The summed E-state index contributed by atoms with van der Waals surface area (Å²) in [7, 11) is 0. The third-order valence-electron chi connectivity index (χ3n) is 7.13. The average molecular weight is 521 g/mol. The van der Waals surface area contributed by atoms with Gasteiger partial charge in [0.2, 0.25) is 0 Å². The largest absolute Gasteiger partial charge is 0.489 e. The highest BCUT2D eigenvalue weighted by atomic mass is 16.5. The molecule has 0 atom stereocenters. The van der Waals surface area contributed by atoms with Crippen LogP contribution in [0.15, 0.2) is 97.2 Å². The summed E-state index contributed by atoms with van der Waals surface area (Å²) in [5, 5.41) is 2.98. The van der Waals surface area contributed by atoms with E-state index in [-0.39, 0.29) is 5.91 Å². The van der Waals surface area contributed by atoms with Crippen molar-refractivity contribution in [2.24, 2.45) is 0 Å². The summed E-state index contributed by atoms with van der Waals surface area (Å²) >= 11 is 0. The van der Waals surface area contributed by atoms with E-state index in [0.717, 1.165) is 62.8 Å². The van der Waals surface area contributed by atoms with Gasteiger partial charge in [0.25, 0.3) is 5.91 Å². The van der Waals surface area contributed by atoms with E-state index in [1.54, 1.807) is 18.3 Å². The number of benzene rings is 3. The van der Waals surface area contributed by atoms with E-state index in [4.69, 9.17) is 4.74 Å². The van der Waals surface area contributed by atoms with E-state index < -0.39 is 0 Å². The molecule has 0 aliphatic carbocycles. The molecule has 1 aliphatic rings. The Balaban J connectivity index is 1.07. The fraction of sp³-hybridized carbons (Fsp3) is 0.273. The van der Waals surface area contributed by atoms with Crippen molar-refractivity contribution in [2.45, 2.75) is 33.0 Å². The highest BCUT2D eigenvalue weighted by Gasteiger charge is 2.16. The van der Waals surface area contributed by atoms with Crippen molar-refractivity contribution in [3.63, 3.8) is 0 Å². The van der Waals surface area contributed by atoms with Crippen LogP contribution in [0.2, 0.25) is 0 Å². The number of aryl methyl sites for hydroxylation is 1. The highest BCUT2D eigenvalue weighted by Crippen LogP contribution is 2.18. The Kier molecular flexibility index (Phi) is 8.99. The summed E-state index contributed by atoms with van der Waals surface area (Å²) in [5.74, 6) is 0.776. The molecule has 1 saturated heterocycles. The minimum absolute atomic E-state index is 0.129. The molecule has 4 aromatic rings. The van der Waals surface area contributed by atoms with Crippen molar-refractivity contribution >= 4 is 11.6 Å². The van der Waals surface area contributed by atoms with Crippen molar-refractivity contribution in [3.8, 4) is 5.75 Å². The molecule has 3 aromatic carbocycles. The van der Waals surface area contributed by atoms with Gasteiger partial charge in [-0.1, -0.05) is 54.6 Å². The van der Waals surface area contributed by atoms with Gasteiger partial charge in [0.1, 0.15) is 12.4 Å². The second-order valence-corrected chi connectivity index (χ2v) is 10.1. The average Bonchev–Trinajstić information content (AvgIpc) is 3.19. The third kappa shape index (κ3) is 7.76. The number of amides is 1. The van der Waals surface area contributed by atoms with Gasteiger partial charge in [-0.3, -0.25) is 19.6 Å². The Morgan fingerprint density at radius 1 is 0.769 bits per heavy atom. The predicted molar refractivity (Wildman–Crippen MR) is 156 cm³/mol. The number of carbonyl (C=O) groups is 1. The maximum Gasteiger partial charge on any atom is 0.257 e. The molecule has 2 heterocycles. The number of anilines is 1. The van der Waals surface area contributed by atoms with E-state index in [9.17, 15) is 4.79 Å². The zero-order valence-corrected chi connectivity index (χ0v) is 22.6. The highest BCUT2D eigenvalue weighted by molar-refractivity contribution is 6.04. The molecule has 1 aliphatic heterocycles. The quantitative estimate of drug-likeness (QED) is 0.297. The zero-order chi connectivity index (χ0) is 26.9. The molecule has 0 spiro atoms. The number of rotatable bonds is 9. The Morgan fingerprint density at radius 2 is 1.41 bits per heavy atom. The molecular weight excluding hydrogens is 484 g/mol. The number of nitrogens with one attached hydrogen (secondary N) is 1. The molecule has 39 heavy (non-hydrogen) atoms. The van der Waals surface area contributed by atoms with Crippen molar-refractivity contribution in [1.82, 2.24) is 14.8 Å². The lowest BCUT2D eigenvalue weighted by atomic mass is 10.1. The molecule has 1 fully saturated rings. The summed E-state index contributed by atoms with van der Waals surface area (Å²) in [5.41, 5.74) is 5.87. The molecule has 0 radical (unpaired) electrons. The number of pyridine rings is 1. The van der Waals surface area contributed by atoms with Crippen LogP contribution in [0.25, 0.3) is 0 Å². The van der Waals surface area contributed by atoms with Gasteiger partial charge in [-0.2, -0.15) is 0 Å². The maximum atomic E-state index is 12.6. The third-order valence-corrected chi connectivity index (χ3v) is 7.13. The van der Waals surface area contributed by atoms with Gasteiger partial charge >= 0.3 is 0 Å². The van der Waals surface area contributed by atoms with E-state index >= 15 is 0 Å². The first kappa shape index (κ1) is 26.6. The van der Waals surface area contributed by atoms with Gasteiger partial charge < -0.3 is 10.1 Å². The van der Waals surface area contributed by atoms with E-state index in [2.05, 4.69) is 68.6 Å². The van der Waals surface area contributed by atoms with Crippen LogP contribution in [0.4, 0.5) is 5.69 Å². The van der Waals surface area contributed by atoms with Crippen LogP contribution in [0, 0.1) is 6.92 Å². The number of aromatic nitrogens is 1. The first-order chi connectivity index (χ1) is 19.1. The summed E-state index contributed by atoms with van der Waals surface area (Å²) in [4.78, 5) is 21.8. The first-order valence-electron chi connectivity index (χ1n) is 13.6. The SMILES string of the molecule is Cc1ncccc1C(=O)Nc1ccc(CN2CCCN(Cc3ccc(OCc4ccccc4)cc3)CC2)cc1. The Bertz CT molecular complexity index is 1340. The van der Waals surface area contributed by atoms with Gasteiger partial charge in [0.05, 0.1) is 5.56 Å². The minimum atomic E-state index is -0.129. The minimum Gasteiger partial charge on any atom is -0.489 e. The summed E-state index contributed by atoms with van der Waals surface area (Å²) in [6, 6.07) is 30.5. The molecule has 0 bridgehead atoms. The van der Waals surface area contributed by atoms with Crippen LogP contribution < -0.4 is 10.1 Å². The van der Waals surface area contributed by atoms with Crippen LogP contribution in [0.1, 0.15) is 39.2 Å². The van der Waals surface area contributed by atoms with Crippen LogP contribution in [-0.2, 0) is 19.7 Å². The number of ether oxygens (including phenoxy) is 1. The smallest absolute Gasteiger partial charge is 0.257 e. The van der Waals surface area contributed by atoms with Crippen molar-refractivity contribution in [1.29, 1.82) is 0 Å². The molecule has 5 rings (SSSR count). The lowest BCUT2D eigenvalue weighted by molar-refractivity contribution is 0.102. The van der Waals surface area contributed by atoms with Crippen LogP contribution in [0.3, 0.4) is 0 Å². The molecule has 6 nitrogen and oxygen atoms in total. The lowest BCUT2D eigenvalue weighted by Crippen LogP contribution is -2.30. The Morgan fingerprint density at radius 3 is 2.05 bits per heavy atom. The molecule has 1 N–H and O–H groups in total. The summed E-state index contributed by atoms with van der Waals surface area (Å²) in [6.45, 7) is 8.57. The number of hydrogen-bond donors (Lipinski definition) is 1. The van der Waals surface area contributed by atoms with Gasteiger partial charge in [-0.25, -0.2) is 0 Å². The first-order valence-corrected chi connectivity index (χ1v) is 13.6. The van der Waals surface area contributed by atoms with Gasteiger partial charge in [-0.05, 0) is 79.5 Å². The molecule has 0 saturated carbocycles. The summed E-state index contributed by atoms with van der Waals surface area (Å²) < 4.78 is 5.94. The molecule has 6 heteroatoms. The second-order valence-electron chi connectivity index (χ2n) is 10.1. The van der Waals surface area contributed by atoms with Crippen LogP contribution >= 0.6 is 0 Å². The molecule has 1 aromatic heterocycles. The fourth-order valence-corrected chi connectivity index (χ4v) is 4.91. The van der Waals surface area contributed by atoms with Crippen LogP contribution in [0.5, 0.6) is 5.75 Å². The van der Waals surface area contributed by atoms with Gasteiger partial charge in [0, 0.05) is 43.8 Å². The van der Waals surface area contributed by atoms with Crippen molar-refractivity contribution < 1.29 is 9.53 Å². The maximum absolute atomic E-state index is 12.6. The Labute approximate surface area is 231 Å². The predicted octanol–water partition coefficient (Wildman–Crippen LogP) is 5.93. The zero-order valence-electron chi connectivity index (χ0n) is 22.6. The monoisotopic (exact) mass is 520 g/mol. The lowest BCUT2D eigenvalue weighted by Gasteiger charge is -2.22. The molecule has 1 amide bonds. The second kappa shape index (κ2) is 13.2. The standard InChI is InChI=1S/C33H36N4O2/c1-26-32(9-5-18-34-26)33(38)35-30-14-10-27(11-15-30)23-36-19-6-20-37(22-21-36)24-28-12-16-31(17-13-28)39-25-29-7-3-2-4-8-29/h2-5,7-18H,6,19-25H2,1H3,(H,35,38). The number of carbonyl (C=O) groups excluding carboxylic acids is 1. The molecule has 0 unspecified atom stereocenters. The molecule has 200 valence electrons. The normalized spacial score (nSPS) is 14.5. The fourth-order valence-electron chi connectivity index (χ4n) is 4.91. The number of hydrogen-bond acceptors (Lipinski definition) is 5. The van der Waals surface area contributed by atoms with E-state index in [1.165, 1.54) is 16.7 Å².